The molecule has 10 fully saturated rings. The van der Waals surface area contributed by atoms with E-state index in [1.807, 2.05) is 0 Å². The van der Waals surface area contributed by atoms with Crippen LogP contribution in [0.2, 0.25) is 0 Å². The summed E-state index contributed by atoms with van der Waals surface area (Å²) in [6.07, 6.45) is 4.19. The van der Waals surface area contributed by atoms with E-state index >= 15 is 0 Å². The number of Topliss-reactive ketones (excluding diaryl/α,β-unsaturated/α-hetero) is 1. The van der Waals surface area contributed by atoms with E-state index in [1.165, 1.54) is 12.1 Å². The molecule has 13 heteroatoms. The number of carbonyl (C=O) groups excluding carboxylic acids is 1. The number of halogens is 1. The zero-order chi connectivity index (χ0) is 41.3. The minimum atomic E-state index is -0.804. The van der Waals surface area contributed by atoms with Crippen LogP contribution in [0.5, 0.6) is 0 Å². The van der Waals surface area contributed by atoms with Gasteiger partial charge in [-0.15, -0.1) is 0 Å². The third-order valence-corrected chi connectivity index (χ3v) is 15.3. The van der Waals surface area contributed by atoms with Gasteiger partial charge in [0, 0.05) is 51.6 Å². The first-order valence-electron chi connectivity index (χ1n) is 22.7. The summed E-state index contributed by atoms with van der Waals surface area (Å²) in [5.41, 5.74) is 2.96. The topological polar surface area (TPSA) is 130 Å². The van der Waals surface area contributed by atoms with E-state index in [0.29, 0.717) is 32.1 Å². The Balaban J connectivity index is 0.904. The SMILES string of the molecule is C=C1CC2CCC34CC5OC6C(OC7CCC(CC(=O)CC8C(CC9OC(CCC1O2)CC(C)C9=C)OC(CC(CO)OCc1ccc(F)cc1)C8OC)OC7C6O3)C5O4. The summed E-state index contributed by atoms with van der Waals surface area (Å²) >= 11 is 0. The van der Waals surface area contributed by atoms with Gasteiger partial charge in [0.15, 0.2) is 5.79 Å². The van der Waals surface area contributed by atoms with Gasteiger partial charge < -0.3 is 52.5 Å². The highest BCUT2D eigenvalue weighted by Gasteiger charge is 2.68. The Morgan fingerprint density at radius 3 is 2.37 bits per heavy atom. The van der Waals surface area contributed by atoms with Crippen molar-refractivity contribution in [2.75, 3.05) is 13.7 Å². The van der Waals surface area contributed by atoms with Crippen molar-refractivity contribution in [3.05, 3.63) is 60.0 Å². The van der Waals surface area contributed by atoms with Crippen molar-refractivity contribution in [1.82, 2.24) is 0 Å². The van der Waals surface area contributed by atoms with Gasteiger partial charge in [-0.25, -0.2) is 4.39 Å². The third kappa shape index (κ3) is 8.12. The fraction of sp³-hybridized carbons (Fsp3) is 0.766. The number of aliphatic hydroxyl groups is 1. The fourth-order valence-electron chi connectivity index (χ4n) is 12.2. The quantitative estimate of drug-likeness (QED) is 0.332. The normalized spacial score (nSPS) is 46.9. The van der Waals surface area contributed by atoms with Crippen LogP contribution < -0.4 is 0 Å². The Morgan fingerprint density at radius 2 is 1.55 bits per heavy atom. The number of hydrogen-bond acceptors (Lipinski definition) is 12. The Morgan fingerprint density at radius 1 is 0.800 bits per heavy atom. The summed E-state index contributed by atoms with van der Waals surface area (Å²) in [6, 6.07) is 6.13. The number of hydrogen-bond donors (Lipinski definition) is 1. The molecule has 10 saturated heterocycles. The van der Waals surface area contributed by atoms with Crippen LogP contribution in [0.3, 0.4) is 0 Å². The first-order chi connectivity index (χ1) is 29.0. The van der Waals surface area contributed by atoms with Crippen molar-refractivity contribution in [3.63, 3.8) is 0 Å². The molecule has 0 aromatic heterocycles. The van der Waals surface area contributed by atoms with Gasteiger partial charge in [0.1, 0.15) is 42.1 Å². The number of ether oxygens (including phenoxy) is 10. The van der Waals surface area contributed by atoms with Crippen LogP contribution in [-0.2, 0) is 58.8 Å². The first-order valence-corrected chi connectivity index (χ1v) is 22.7. The molecule has 12 nitrogen and oxygen atoms in total. The fourth-order valence-corrected chi connectivity index (χ4v) is 12.2. The molecule has 60 heavy (non-hydrogen) atoms. The predicted molar refractivity (Wildman–Crippen MR) is 213 cm³/mol. The molecule has 330 valence electrons. The molecule has 19 unspecified atom stereocenters. The minimum Gasteiger partial charge on any atom is -0.394 e. The van der Waals surface area contributed by atoms with Crippen LogP contribution in [0.1, 0.15) is 96.0 Å². The van der Waals surface area contributed by atoms with E-state index in [9.17, 15) is 14.3 Å². The van der Waals surface area contributed by atoms with E-state index < -0.39 is 24.1 Å². The molecule has 10 heterocycles. The third-order valence-electron chi connectivity index (χ3n) is 15.3. The summed E-state index contributed by atoms with van der Waals surface area (Å²) in [5, 5.41) is 10.4. The van der Waals surface area contributed by atoms with Crippen LogP contribution in [0.15, 0.2) is 48.6 Å². The van der Waals surface area contributed by atoms with E-state index in [0.717, 1.165) is 55.2 Å². The predicted octanol–water partition coefficient (Wildman–Crippen LogP) is 5.84. The van der Waals surface area contributed by atoms with Crippen LogP contribution >= 0.6 is 0 Å². The van der Waals surface area contributed by atoms with Gasteiger partial charge in [-0.1, -0.05) is 32.2 Å². The monoisotopic (exact) mass is 838 g/mol. The molecular weight excluding hydrogens is 776 g/mol. The largest absolute Gasteiger partial charge is 0.394 e. The molecule has 1 spiro atoms. The van der Waals surface area contributed by atoms with Gasteiger partial charge in [0.25, 0.3) is 0 Å². The smallest absolute Gasteiger partial charge is 0.172 e. The summed E-state index contributed by atoms with van der Waals surface area (Å²) < 4.78 is 80.3. The van der Waals surface area contributed by atoms with Crippen molar-refractivity contribution in [1.29, 1.82) is 0 Å². The average Bonchev–Trinajstić information content (AvgIpc) is 3.91. The van der Waals surface area contributed by atoms with Gasteiger partial charge in [-0.3, -0.25) is 4.79 Å². The van der Waals surface area contributed by atoms with Crippen molar-refractivity contribution in [3.8, 4) is 0 Å². The second-order valence-corrected chi connectivity index (χ2v) is 19.3. The highest BCUT2D eigenvalue weighted by Crippen LogP contribution is 2.54. The molecule has 11 rings (SSSR count). The maximum Gasteiger partial charge on any atom is 0.172 e. The van der Waals surface area contributed by atoms with Crippen molar-refractivity contribution < 1.29 is 61.7 Å². The molecule has 1 N–H and O–H groups in total. The molecule has 0 saturated carbocycles. The van der Waals surface area contributed by atoms with Gasteiger partial charge >= 0.3 is 0 Å². The zero-order valence-electron chi connectivity index (χ0n) is 35.0. The maximum atomic E-state index is 14.3. The second-order valence-electron chi connectivity index (χ2n) is 19.3. The van der Waals surface area contributed by atoms with E-state index in [-0.39, 0.29) is 129 Å². The van der Waals surface area contributed by atoms with Gasteiger partial charge in [0.2, 0.25) is 0 Å². The molecular formula is C47H63FO12. The number of rotatable bonds is 7. The molecule has 0 amide bonds. The maximum absolute atomic E-state index is 14.3. The van der Waals surface area contributed by atoms with E-state index in [2.05, 4.69) is 20.1 Å². The van der Waals surface area contributed by atoms with Crippen LogP contribution in [0, 0.1) is 17.7 Å². The zero-order valence-corrected chi connectivity index (χ0v) is 35.0. The Labute approximate surface area is 352 Å². The molecule has 10 aliphatic heterocycles. The summed E-state index contributed by atoms with van der Waals surface area (Å²) in [6.45, 7) is 11.1. The highest BCUT2D eigenvalue weighted by atomic mass is 19.1. The van der Waals surface area contributed by atoms with Crippen molar-refractivity contribution >= 4 is 5.78 Å². The number of fused-ring (bicyclic) bond motifs is 6. The molecule has 12 bridgehead atoms. The molecule has 10 aliphatic rings. The number of aliphatic hydroxyl groups excluding tert-OH is 1. The standard InChI is InChI=1S/C47H63FO12/c1-24-15-30-9-11-35-25(2)16-32(53-35)13-14-47-21-40-43(59-47)44-45(58-40)46(60-47)42-36(57-44)12-10-31(55-42)17-29(50)18-34-38(20-37(54-30)26(24)3)56-39(41(34)51-4)19-33(22-49)52-23-27-5-7-28(48)8-6-27/h5-8,24,30-46,49H,2-3,9-23H2,1,4H3. The summed E-state index contributed by atoms with van der Waals surface area (Å²) in [5.74, 6) is -1.09. The highest BCUT2D eigenvalue weighted by molar-refractivity contribution is 5.79. The van der Waals surface area contributed by atoms with Gasteiger partial charge in [0.05, 0.1) is 80.4 Å². The first kappa shape index (κ1) is 41.8. The van der Waals surface area contributed by atoms with Crippen LogP contribution in [-0.4, -0.2) is 128 Å². The molecule has 19 atom stereocenters. The Hall–Kier alpha value is -2.14. The Kier molecular flexibility index (Phi) is 11.9. The lowest BCUT2D eigenvalue weighted by Gasteiger charge is -2.47. The second kappa shape index (κ2) is 17.1. The molecule has 1 aromatic carbocycles. The summed E-state index contributed by atoms with van der Waals surface area (Å²) in [7, 11) is 1.66. The van der Waals surface area contributed by atoms with Crippen LogP contribution in [0.4, 0.5) is 4.39 Å². The van der Waals surface area contributed by atoms with Crippen LogP contribution in [0.25, 0.3) is 0 Å². The minimum absolute atomic E-state index is 0.00771. The van der Waals surface area contributed by atoms with E-state index in [1.54, 1.807) is 19.2 Å². The van der Waals surface area contributed by atoms with Gasteiger partial charge in [-0.2, -0.15) is 0 Å². The van der Waals surface area contributed by atoms with Crippen molar-refractivity contribution in [2.24, 2.45) is 11.8 Å². The lowest BCUT2D eigenvalue weighted by atomic mass is 9.81. The number of ketones is 1. The lowest BCUT2D eigenvalue weighted by Crippen LogP contribution is -2.61. The molecule has 0 aliphatic carbocycles. The Bertz CT molecular complexity index is 1740. The van der Waals surface area contributed by atoms with E-state index in [4.69, 9.17) is 47.4 Å². The molecule has 1 aromatic rings. The van der Waals surface area contributed by atoms with Gasteiger partial charge in [-0.05, 0) is 79.7 Å². The van der Waals surface area contributed by atoms with Crippen molar-refractivity contribution in [2.45, 2.75) is 200 Å². The number of methoxy groups -OCH3 is 1. The lowest BCUT2D eigenvalue weighted by molar-refractivity contribution is -0.292. The number of benzene rings is 1. The summed E-state index contributed by atoms with van der Waals surface area (Å²) in [4.78, 5) is 14.3. The average molecular weight is 839 g/mol. The molecule has 0 radical (unpaired) electrons. The number of carbonyl (C=O) groups is 1.